The van der Waals surface area contributed by atoms with Crippen molar-refractivity contribution in [3.63, 3.8) is 0 Å². The largest absolute Gasteiger partial charge is 0.469 e. The zero-order valence-electron chi connectivity index (χ0n) is 8.98. The zero-order valence-corrected chi connectivity index (χ0v) is 9.80. The summed E-state index contributed by atoms with van der Waals surface area (Å²) < 4.78 is 28.1. The van der Waals surface area contributed by atoms with Gasteiger partial charge >= 0.3 is 5.97 Å². The van der Waals surface area contributed by atoms with Crippen molar-refractivity contribution in [2.45, 2.75) is 13.8 Å². The Bertz CT molecular complexity index is 286. The number of sulfonamides is 1. The average Bonchev–Trinajstić information content (AvgIpc) is 2.10. The molecule has 0 spiro atoms. The average molecular weight is 223 g/mol. The van der Waals surface area contributed by atoms with Crippen LogP contribution >= 0.6 is 0 Å². The number of hydrogen-bond acceptors (Lipinski definition) is 4. The summed E-state index contributed by atoms with van der Waals surface area (Å²) in [5, 5.41) is 0. The van der Waals surface area contributed by atoms with Crippen LogP contribution in [0.25, 0.3) is 0 Å². The number of methoxy groups -OCH3 is 1. The molecule has 0 N–H and O–H groups in total. The lowest BCUT2D eigenvalue weighted by Gasteiger charge is -2.20. The minimum Gasteiger partial charge on any atom is -0.469 e. The molecule has 1 atom stereocenters. The van der Waals surface area contributed by atoms with Crippen LogP contribution in [0.5, 0.6) is 0 Å². The summed E-state index contributed by atoms with van der Waals surface area (Å²) in [5.74, 6) is -0.832. The first-order valence-electron chi connectivity index (χ1n) is 4.35. The van der Waals surface area contributed by atoms with Gasteiger partial charge in [0.05, 0.1) is 19.3 Å². The maximum absolute atomic E-state index is 11.2. The van der Waals surface area contributed by atoms with Gasteiger partial charge in [0.1, 0.15) is 0 Å². The summed E-state index contributed by atoms with van der Waals surface area (Å²) in [7, 11) is -1.94. The second-order valence-corrected chi connectivity index (χ2v) is 5.12. The molecule has 0 saturated heterocycles. The molecule has 0 aromatic carbocycles. The molecule has 0 aliphatic carbocycles. The number of carbonyl (C=O) groups excluding carboxylic acids is 1. The van der Waals surface area contributed by atoms with E-state index in [1.807, 2.05) is 0 Å². The molecule has 0 aromatic rings. The monoisotopic (exact) mass is 223 g/mol. The summed E-state index contributed by atoms with van der Waals surface area (Å²) in [5.41, 5.74) is 0. The first kappa shape index (κ1) is 13.4. The Morgan fingerprint density at radius 2 is 2.00 bits per heavy atom. The van der Waals surface area contributed by atoms with Crippen LogP contribution in [0.15, 0.2) is 0 Å². The maximum Gasteiger partial charge on any atom is 0.309 e. The molecule has 0 aliphatic heterocycles. The molecule has 0 bridgehead atoms. The van der Waals surface area contributed by atoms with Crippen molar-refractivity contribution in [1.82, 2.24) is 4.31 Å². The van der Waals surface area contributed by atoms with Crippen LogP contribution in [0.1, 0.15) is 13.8 Å². The molecule has 6 heteroatoms. The molecule has 0 unspecified atom stereocenters. The quantitative estimate of drug-likeness (QED) is 0.619. The lowest BCUT2D eigenvalue weighted by Crippen LogP contribution is -2.36. The Morgan fingerprint density at radius 3 is 2.29 bits per heavy atom. The van der Waals surface area contributed by atoms with E-state index in [1.165, 1.54) is 11.4 Å². The third kappa shape index (κ3) is 4.06. The van der Waals surface area contributed by atoms with Gasteiger partial charge in [-0.05, 0) is 0 Å². The summed E-state index contributed by atoms with van der Waals surface area (Å²) in [6.07, 6.45) is 1.13. The van der Waals surface area contributed by atoms with Crippen molar-refractivity contribution >= 4 is 16.0 Å². The second-order valence-electron chi connectivity index (χ2n) is 3.14. The van der Waals surface area contributed by atoms with E-state index < -0.39 is 21.9 Å². The van der Waals surface area contributed by atoms with Crippen molar-refractivity contribution in [2.75, 3.05) is 26.5 Å². The van der Waals surface area contributed by atoms with Crippen LogP contribution in [-0.4, -0.2) is 45.1 Å². The summed E-state index contributed by atoms with van der Waals surface area (Å²) in [4.78, 5) is 11.0. The topological polar surface area (TPSA) is 63.7 Å². The standard InChI is InChI=1S/C8H17NO4S/c1-5-9(14(4,11)12)6-7(2)8(10)13-3/h7H,5-6H2,1-4H3/t7-/m1/s1. The SMILES string of the molecule is CCN(C[C@@H](C)C(=O)OC)S(C)(=O)=O. The van der Waals surface area contributed by atoms with Gasteiger partial charge in [0.25, 0.3) is 0 Å². The summed E-state index contributed by atoms with van der Waals surface area (Å²) >= 11 is 0. The third-order valence-corrected chi connectivity index (χ3v) is 3.25. The molecule has 0 saturated carbocycles. The fraction of sp³-hybridized carbons (Fsp3) is 0.875. The highest BCUT2D eigenvalue weighted by molar-refractivity contribution is 7.88. The third-order valence-electron chi connectivity index (χ3n) is 1.90. The smallest absolute Gasteiger partial charge is 0.309 e. The number of hydrogen-bond donors (Lipinski definition) is 0. The number of carbonyl (C=O) groups is 1. The van der Waals surface area contributed by atoms with E-state index in [4.69, 9.17) is 0 Å². The van der Waals surface area contributed by atoms with Crippen LogP contribution in [0.2, 0.25) is 0 Å². The molecule has 0 aliphatic rings. The van der Waals surface area contributed by atoms with Crippen molar-refractivity contribution in [3.8, 4) is 0 Å². The lowest BCUT2D eigenvalue weighted by molar-refractivity contribution is -0.145. The first-order valence-corrected chi connectivity index (χ1v) is 6.20. The molecule has 0 amide bonds. The van der Waals surface area contributed by atoms with E-state index in [0.29, 0.717) is 6.54 Å². The predicted octanol–water partition coefficient (Wildman–Crippen LogP) is 0.0770. The minimum atomic E-state index is -3.23. The van der Waals surface area contributed by atoms with Gasteiger partial charge in [-0.3, -0.25) is 4.79 Å². The summed E-state index contributed by atoms with van der Waals surface area (Å²) in [6.45, 7) is 3.90. The first-order chi connectivity index (χ1) is 6.32. The lowest BCUT2D eigenvalue weighted by atomic mass is 10.2. The van der Waals surface area contributed by atoms with Gasteiger partial charge in [-0.1, -0.05) is 13.8 Å². The Kier molecular flexibility index (Phi) is 5.07. The Hall–Kier alpha value is -0.620. The van der Waals surface area contributed by atoms with Gasteiger partial charge in [-0.2, -0.15) is 0 Å². The molecular formula is C8H17NO4S. The van der Waals surface area contributed by atoms with Crippen LogP contribution < -0.4 is 0 Å². The molecule has 0 rings (SSSR count). The highest BCUT2D eigenvalue weighted by atomic mass is 32.2. The van der Waals surface area contributed by atoms with Crippen LogP contribution in [0, 0.1) is 5.92 Å². The maximum atomic E-state index is 11.2. The van der Waals surface area contributed by atoms with Crippen molar-refractivity contribution in [1.29, 1.82) is 0 Å². The van der Waals surface area contributed by atoms with Gasteiger partial charge < -0.3 is 4.74 Å². The molecule has 84 valence electrons. The van der Waals surface area contributed by atoms with Gasteiger partial charge in [0.15, 0.2) is 0 Å². The zero-order chi connectivity index (χ0) is 11.4. The Labute approximate surface area is 85.1 Å². The fourth-order valence-electron chi connectivity index (χ4n) is 1.08. The number of esters is 1. The number of rotatable bonds is 5. The molecule has 0 aromatic heterocycles. The van der Waals surface area contributed by atoms with E-state index in [-0.39, 0.29) is 6.54 Å². The van der Waals surface area contributed by atoms with E-state index >= 15 is 0 Å². The number of ether oxygens (including phenoxy) is 1. The van der Waals surface area contributed by atoms with Crippen LogP contribution in [0.3, 0.4) is 0 Å². The van der Waals surface area contributed by atoms with Crippen LogP contribution in [-0.2, 0) is 19.6 Å². The Morgan fingerprint density at radius 1 is 1.50 bits per heavy atom. The molecule has 5 nitrogen and oxygen atoms in total. The molecule has 0 radical (unpaired) electrons. The molecular weight excluding hydrogens is 206 g/mol. The predicted molar refractivity (Wildman–Crippen MR) is 53.3 cm³/mol. The fourth-order valence-corrected chi connectivity index (χ4v) is 2.04. The van der Waals surface area contributed by atoms with Crippen molar-refractivity contribution in [3.05, 3.63) is 0 Å². The van der Waals surface area contributed by atoms with Crippen molar-refractivity contribution < 1.29 is 17.9 Å². The highest BCUT2D eigenvalue weighted by Crippen LogP contribution is 2.05. The Balaban J connectivity index is 4.41. The molecule has 0 fully saturated rings. The highest BCUT2D eigenvalue weighted by Gasteiger charge is 2.21. The molecule has 0 heterocycles. The molecule has 14 heavy (non-hydrogen) atoms. The van der Waals surface area contributed by atoms with E-state index in [1.54, 1.807) is 13.8 Å². The number of nitrogens with zero attached hydrogens (tertiary/aromatic N) is 1. The van der Waals surface area contributed by atoms with Crippen LogP contribution in [0.4, 0.5) is 0 Å². The van der Waals surface area contributed by atoms with Gasteiger partial charge in [-0.25, -0.2) is 12.7 Å². The van der Waals surface area contributed by atoms with E-state index in [2.05, 4.69) is 4.74 Å². The van der Waals surface area contributed by atoms with E-state index in [9.17, 15) is 13.2 Å². The minimum absolute atomic E-state index is 0.169. The van der Waals surface area contributed by atoms with Crippen molar-refractivity contribution in [2.24, 2.45) is 5.92 Å². The van der Waals surface area contributed by atoms with Gasteiger partial charge in [0.2, 0.25) is 10.0 Å². The summed E-state index contributed by atoms with van der Waals surface area (Å²) in [6, 6.07) is 0. The van der Waals surface area contributed by atoms with Gasteiger partial charge in [-0.15, -0.1) is 0 Å². The normalized spacial score (nSPS) is 14.1. The second kappa shape index (κ2) is 5.31. The van der Waals surface area contributed by atoms with E-state index in [0.717, 1.165) is 6.26 Å². The van der Waals surface area contributed by atoms with Gasteiger partial charge in [0, 0.05) is 13.1 Å².